The number of ether oxygens (including phenoxy) is 2. The number of nitrogens with zero attached hydrogens (tertiary/aromatic N) is 2. The molecule has 6 aromatic rings. The molecule has 2 unspecified atom stereocenters. The van der Waals surface area contributed by atoms with Gasteiger partial charge in [-0.15, -0.1) is 0 Å². The van der Waals surface area contributed by atoms with E-state index in [1.165, 1.54) is 62.1 Å². The minimum absolute atomic E-state index is 0.112. The maximum Gasteiger partial charge on any atom is 0.673 e. The molecule has 4 atom stereocenters. The quantitative estimate of drug-likeness (QED) is 0.0546. The molecule has 1 aliphatic carbocycles. The van der Waals surface area contributed by atoms with Gasteiger partial charge in [-0.1, -0.05) is 186 Å². The molecule has 0 aromatic heterocycles. The highest BCUT2D eigenvalue weighted by Gasteiger charge is 2.60. The summed E-state index contributed by atoms with van der Waals surface area (Å²) < 4.78 is 95.7. The Hall–Kier alpha value is -5.27. The van der Waals surface area contributed by atoms with Gasteiger partial charge in [0.05, 0.1) is 14.1 Å². The average molecular weight is 1000 g/mol. The predicted octanol–water partition coefficient (Wildman–Crippen LogP) is 14.9. The van der Waals surface area contributed by atoms with Gasteiger partial charge in [0.2, 0.25) is 0 Å². The summed E-state index contributed by atoms with van der Waals surface area (Å²) in [5, 5.41) is 0. The fraction of sp³-hybridized carbons (Fsp3) is 0.379. The van der Waals surface area contributed by atoms with E-state index in [9.17, 15) is 34.5 Å². The van der Waals surface area contributed by atoms with Crippen molar-refractivity contribution >= 4 is 14.5 Å². The fourth-order valence-corrected chi connectivity index (χ4v) is 10.8. The topological polar surface area (TPSA) is 18.5 Å². The molecule has 0 amide bonds. The van der Waals surface area contributed by atoms with Crippen molar-refractivity contribution in [3.05, 3.63) is 213 Å². The molecule has 6 aromatic carbocycles. The van der Waals surface area contributed by atoms with Crippen molar-refractivity contribution in [2.24, 2.45) is 11.8 Å². The van der Waals surface area contributed by atoms with Gasteiger partial charge in [-0.2, -0.15) is 0 Å². The standard InChI is InChI=1S/C58H70N2O2.2BF4/c1-44-20-28-50(29-21-44)38-59(5,39-51-30-22-45(2)23-31-51)42-56-57(43-60(6,40-52-32-24-46(3)25-33-52)41-53-34-26-47(4)27-35-53)62-58(61-56)54(36-48-14-9-7-10-15-48)18-13-19-55(58)37-49-16-11-8-12-17-49;2*2-1(3,4)5/h7-12,14-17,20-35,54-57H,13,18-19,36-43H2,1-6H3;;/q+2;2*-1/t54?,55?,56-,57-;;/m1../s1. The highest BCUT2D eigenvalue weighted by atomic mass is 19.5. The largest absolute Gasteiger partial charge is 0.673 e. The van der Waals surface area contributed by atoms with Crippen LogP contribution in [0.4, 0.5) is 34.5 Å². The summed E-state index contributed by atoms with van der Waals surface area (Å²) in [6, 6.07) is 59.0. The van der Waals surface area contributed by atoms with E-state index in [0.717, 1.165) is 73.9 Å². The monoisotopic (exact) mass is 1000 g/mol. The Balaban J connectivity index is 0.000000772. The Bertz CT molecular complexity index is 2260. The lowest BCUT2D eigenvalue weighted by atomic mass is 9.71. The van der Waals surface area contributed by atoms with E-state index in [1.54, 1.807) is 0 Å². The molecule has 14 heteroatoms. The third kappa shape index (κ3) is 18.0. The van der Waals surface area contributed by atoms with Gasteiger partial charge >= 0.3 is 14.5 Å². The first kappa shape index (κ1) is 56.0. The van der Waals surface area contributed by atoms with Crippen LogP contribution < -0.4 is 0 Å². The Kier molecular flexibility index (Phi) is 19.2. The van der Waals surface area contributed by atoms with Crippen LogP contribution in [0.1, 0.15) is 74.9 Å². The molecule has 8 rings (SSSR count). The summed E-state index contributed by atoms with van der Waals surface area (Å²) in [6.45, 7) is 14.1. The van der Waals surface area contributed by atoms with Crippen molar-refractivity contribution in [1.82, 2.24) is 0 Å². The third-order valence-corrected chi connectivity index (χ3v) is 14.0. The molecule has 0 radical (unpaired) electrons. The van der Waals surface area contributed by atoms with E-state index in [4.69, 9.17) is 9.47 Å². The summed E-state index contributed by atoms with van der Waals surface area (Å²) in [5.41, 5.74) is 13.3. The van der Waals surface area contributed by atoms with Crippen LogP contribution in [-0.2, 0) is 48.5 Å². The van der Waals surface area contributed by atoms with E-state index < -0.39 is 20.3 Å². The smallest absolute Gasteiger partial charge is 0.418 e. The van der Waals surface area contributed by atoms with Crippen LogP contribution in [0.2, 0.25) is 0 Å². The van der Waals surface area contributed by atoms with Crippen molar-refractivity contribution < 1.29 is 53.0 Å². The number of benzene rings is 6. The van der Waals surface area contributed by atoms with Crippen LogP contribution in [0.15, 0.2) is 158 Å². The molecule has 386 valence electrons. The molecule has 4 nitrogen and oxygen atoms in total. The zero-order chi connectivity index (χ0) is 52.2. The van der Waals surface area contributed by atoms with Crippen molar-refractivity contribution in [3.63, 3.8) is 0 Å². The molecular weight excluding hydrogens is 930 g/mol. The van der Waals surface area contributed by atoms with Gasteiger partial charge in [0.25, 0.3) is 0 Å². The molecule has 1 saturated heterocycles. The van der Waals surface area contributed by atoms with Gasteiger partial charge in [-0.25, -0.2) is 0 Å². The normalized spacial score (nSPS) is 19.0. The van der Waals surface area contributed by atoms with Crippen LogP contribution in [0.25, 0.3) is 0 Å². The van der Waals surface area contributed by atoms with E-state index in [-0.39, 0.29) is 24.0 Å². The van der Waals surface area contributed by atoms with Crippen LogP contribution in [-0.4, -0.2) is 68.7 Å². The molecule has 0 N–H and O–H groups in total. The number of likely N-dealkylation sites (N-methyl/N-ethyl adjacent to an activating group) is 2. The van der Waals surface area contributed by atoms with Crippen molar-refractivity contribution in [1.29, 1.82) is 0 Å². The van der Waals surface area contributed by atoms with Crippen LogP contribution in [0.5, 0.6) is 0 Å². The van der Waals surface area contributed by atoms with Gasteiger partial charge in [-0.05, 0) is 64.5 Å². The molecule has 72 heavy (non-hydrogen) atoms. The van der Waals surface area contributed by atoms with Crippen LogP contribution in [0, 0.1) is 39.5 Å². The molecule has 1 heterocycles. The number of hydrogen-bond acceptors (Lipinski definition) is 2. The molecule has 0 bridgehead atoms. The zero-order valence-electron chi connectivity index (χ0n) is 42.5. The van der Waals surface area contributed by atoms with Gasteiger partial charge < -0.3 is 53.0 Å². The highest BCUT2D eigenvalue weighted by molar-refractivity contribution is 6.50. The Morgan fingerprint density at radius 3 is 0.903 bits per heavy atom. The van der Waals surface area contributed by atoms with Crippen molar-refractivity contribution in [2.45, 2.75) is 104 Å². The van der Waals surface area contributed by atoms with E-state index in [1.807, 2.05) is 0 Å². The first-order valence-corrected chi connectivity index (χ1v) is 25.0. The number of rotatable bonds is 16. The van der Waals surface area contributed by atoms with Gasteiger partial charge in [-0.3, -0.25) is 0 Å². The second kappa shape index (κ2) is 24.6. The minimum Gasteiger partial charge on any atom is -0.418 e. The van der Waals surface area contributed by atoms with Crippen LogP contribution in [0.3, 0.4) is 0 Å². The summed E-state index contributed by atoms with van der Waals surface area (Å²) in [4.78, 5) is 0. The number of aryl methyl sites for hydroxylation is 4. The molecule has 1 aliphatic heterocycles. The van der Waals surface area contributed by atoms with E-state index >= 15 is 0 Å². The maximum absolute atomic E-state index is 9.75. The van der Waals surface area contributed by atoms with Gasteiger partial charge in [0, 0.05) is 34.1 Å². The van der Waals surface area contributed by atoms with E-state index in [0.29, 0.717) is 0 Å². The molecular formula is C58H70B2F8N2O2. The Labute approximate surface area is 422 Å². The molecule has 2 fully saturated rings. The summed E-state index contributed by atoms with van der Waals surface area (Å²) >= 11 is 0. The Morgan fingerprint density at radius 2 is 0.653 bits per heavy atom. The SMILES string of the molecule is Cc1ccc(C[N+](C)(Cc2ccc(C)cc2)C[C@H]2OC3(O[C@@H]2C[N+](C)(Cc2ccc(C)cc2)Cc2ccc(C)cc2)C(Cc2ccccc2)CCCC3Cc2ccccc2)cc1.F[B-](F)(F)F.F[B-](F)(F)F. The van der Waals surface area contributed by atoms with Gasteiger partial charge in [0.1, 0.15) is 51.5 Å². The van der Waals surface area contributed by atoms with Crippen LogP contribution >= 0.6 is 0 Å². The second-order valence-electron chi connectivity index (χ2n) is 20.9. The molecule has 2 aliphatic rings. The average Bonchev–Trinajstić information content (AvgIpc) is 3.64. The lowest BCUT2D eigenvalue weighted by molar-refractivity contribution is -0.944. The molecule has 1 saturated carbocycles. The third-order valence-electron chi connectivity index (χ3n) is 14.0. The lowest BCUT2D eigenvalue weighted by Gasteiger charge is -2.46. The second-order valence-corrected chi connectivity index (χ2v) is 20.9. The van der Waals surface area contributed by atoms with E-state index in [2.05, 4.69) is 200 Å². The summed E-state index contributed by atoms with van der Waals surface area (Å²) in [7, 11) is -7.08. The first-order valence-electron chi connectivity index (χ1n) is 25.0. The molecule has 1 spiro atoms. The maximum atomic E-state index is 9.75. The fourth-order valence-electron chi connectivity index (χ4n) is 10.8. The summed E-state index contributed by atoms with van der Waals surface area (Å²) in [6.07, 6.45) is 5.04. The number of quaternary nitrogens is 2. The number of hydrogen-bond donors (Lipinski definition) is 0. The lowest BCUT2D eigenvalue weighted by Crippen LogP contribution is -2.54. The van der Waals surface area contributed by atoms with Crippen molar-refractivity contribution in [2.75, 3.05) is 27.2 Å². The van der Waals surface area contributed by atoms with Crippen molar-refractivity contribution in [3.8, 4) is 0 Å². The number of halogens is 8. The minimum atomic E-state index is -6.00. The predicted molar refractivity (Wildman–Crippen MR) is 276 cm³/mol. The Morgan fingerprint density at radius 1 is 0.403 bits per heavy atom. The first-order chi connectivity index (χ1) is 33.9. The summed E-state index contributed by atoms with van der Waals surface area (Å²) in [5.74, 6) is -0.238. The zero-order valence-corrected chi connectivity index (χ0v) is 42.5. The highest BCUT2D eigenvalue weighted by Crippen LogP contribution is 2.51. The van der Waals surface area contributed by atoms with Gasteiger partial charge in [0.15, 0.2) is 5.79 Å².